The second-order valence-corrected chi connectivity index (χ2v) is 10.1. The maximum atomic E-state index is 10.2. The van der Waals surface area contributed by atoms with Crippen LogP contribution in [0.15, 0.2) is 22.3 Å². The van der Waals surface area contributed by atoms with Crippen molar-refractivity contribution in [2.45, 2.75) is 83.9 Å². The van der Waals surface area contributed by atoms with Crippen LogP contribution in [0.5, 0.6) is 0 Å². The van der Waals surface area contributed by atoms with Crippen molar-refractivity contribution in [2.24, 2.45) is 11.3 Å². The molecule has 0 spiro atoms. The Kier molecular flexibility index (Phi) is 8.60. The zero-order valence-electron chi connectivity index (χ0n) is 16.5. The second kappa shape index (κ2) is 10.0. The first kappa shape index (κ1) is 22.3. The number of rotatable bonds is 9. The van der Waals surface area contributed by atoms with Gasteiger partial charge in [-0.3, -0.25) is 0 Å². The average Bonchev–Trinajstić information content (AvgIpc) is 2.92. The van der Waals surface area contributed by atoms with Gasteiger partial charge < -0.3 is 19.3 Å². The molecule has 0 bridgehead atoms. The number of allylic oxidation sites excluding steroid dienone is 1. The minimum Gasteiger partial charge on any atom is -0.393 e. The highest BCUT2D eigenvalue weighted by molar-refractivity contribution is 14.1. The SMILES string of the molecule is C=C(I)[C@H](C)C[C@H](O)CC[C@@H]1O[C@@H](CCC2OCC(C)(C)CO2)CC1=C. The molecule has 2 aliphatic rings. The normalized spacial score (nSPS) is 28.9. The van der Waals surface area contributed by atoms with E-state index in [2.05, 4.69) is 56.5 Å². The predicted octanol–water partition coefficient (Wildman–Crippen LogP) is 5.00. The van der Waals surface area contributed by atoms with Gasteiger partial charge in [0.1, 0.15) is 0 Å². The van der Waals surface area contributed by atoms with Gasteiger partial charge in [0.05, 0.1) is 31.5 Å². The summed E-state index contributed by atoms with van der Waals surface area (Å²) in [6, 6.07) is 0. The molecule has 2 aliphatic heterocycles. The first-order valence-electron chi connectivity index (χ1n) is 9.75. The molecule has 26 heavy (non-hydrogen) atoms. The Bertz CT molecular complexity index is 480. The molecule has 0 unspecified atom stereocenters. The molecule has 0 amide bonds. The van der Waals surface area contributed by atoms with Gasteiger partial charge in [0.25, 0.3) is 0 Å². The minimum absolute atomic E-state index is 0.0693. The van der Waals surface area contributed by atoms with E-state index in [1.807, 2.05) is 0 Å². The van der Waals surface area contributed by atoms with Crippen LogP contribution < -0.4 is 0 Å². The molecule has 2 saturated heterocycles. The van der Waals surface area contributed by atoms with Crippen molar-refractivity contribution in [2.75, 3.05) is 13.2 Å². The van der Waals surface area contributed by atoms with Gasteiger partial charge in [-0.05, 0) is 69.8 Å². The van der Waals surface area contributed by atoms with E-state index in [4.69, 9.17) is 14.2 Å². The van der Waals surface area contributed by atoms with E-state index < -0.39 is 0 Å². The summed E-state index contributed by atoms with van der Waals surface area (Å²) in [6.45, 7) is 16.0. The Balaban J connectivity index is 1.66. The molecule has 4 nitrogen and oxygen atoms in total. The molecule has 150 valence electrons. The van der Waals surface area contributed by atoms with Gasteiger partial charge in [-0.1, -0.05) is 33.9 Å². The van der Waals surface area contributed by atoms with Crippen LogP contribution in [-0.4, -0.2) is 42.9 Å². The van der Waals surface area contributed by atoms with Crippen LogP contribution in [0.3, 0.4) is 0 Å². The van der Waals surface area contributed by atoms with Crippen molar-refractivity contribution in [1.82, 2.24) is 0 Å². The number of hydrogen-bond acceptors (Lipinski definition) is 4. The largest absolute Gasteiger partial charge is 0.393 e. The molecular weight excluding hydrogens is 443 g/mol. The summed E-state index contributed by atoms with van der Waals surface area (Å²) >= 11 is 2.24. The molecule has 0 aliphatic carbocycles. The summed E-state index contributed by atoms with van der Waals surface area (Å²) in [5.74, 6) is 0.339. The average molecular weight is 478 g/mol. The lowest BCUT2D eigenvalue weighted by Crippen LogP contribution is -2.38. The van der Waals surface area contributed by atoms with E-state index in [0.29, 0.717) is 5.92 Å². The number of halogens is 1. The van der Waals surface area contributed by atoms with E-state index in [1.54, 1.807) is 0 Å². The molecule has 2 heterocycles. The molecule has 4 atom stereocenters. The van der Waals surface area contributed by atoms with Gasteiger partial charge in [-0.25, -0.2) is 0 Å². The third-order valence-electron chi connectivity index (χ3n) is 5.27. The zero-order chi connectivity index (χ0) is 19.3. The third kappa shape index (κ3) is 7.23. The number of aliphatic hydroxyl groups is 1. The molecule has 0 aromatic heterocycles. The smallest absolute Gasteiger partial charge is 0.157 e. The molecule has 2 rings (SSSR count). The highest BCUT2D eigenvalue weighted by Gasteiger charge is 2.32. The number of hydrogen-bond donors (Lipinski definition) is 1. The third-order valence-corrected chi connectivity index (χ3v) is 6.33. The first-order valence-corrected chi connectivity index (χ1v) is 10.8. The van der Waals surface area contributed by atoms with E-state index in [-0.39, 0.29) is 30.0 Å². The van der Waals surface area contributed by atoms with E-state index in [9.17, 15) is 5.11 Å². The van der Waals surface area contributed by atoms with Crippen molar-refractivity contribution < 1.29 is 19.3 Å². The molecule has 0 radical (unpaired) electrons. The van der Waals surface area contributed by atoms with Crippen LogP contribution in [0.1, 0.15) is 59.3 Å². The van der Waals surface area contributed by atoms with Gasteiger partial charge in [0, 0.05) is 11.8 Å². The van der Waals surface area contributed by atoms with Crippen LogP contribution in [0.25, 0.3) is 0 Å². The fourth-order valence-electron chi connectivity index (χ4n) is 3.46. The van der Waals surface area contributed by atoms with Crippen LogP contribution in [0.2, 0.25) is 0 Å². The van der Waals surface area contributed by atoms with Gasteiger partial charge in [-0.15, -0.1) is 0 Å². The quantitative estimate of drug-likeness (QED) is 0.375. The van der Waals surface area contributed by atoms with Crippen molar-refractivity contribution in [3.63, 3.8) is 0 Å². The maximum Gasteiger partial charge on any atom is 0.157 e. The Labute approximate surface area is 172 Å². The van der Waals surface area contributed by atoms with Crippen molar-refractivity contribution >= 4 is 22.6 Å². The first-order chi connectivity index (χ1) is 12.2. The van der Waals surface area contributed by atoms with Gasteiger partial charge in [0.2, 0.25) is 0 Å². The molecule has 0 aromatic rings. The topological polar surface area (TPSA) is 47.9 Å². The lowest BCUT2D eigenvalue weighted by molar-refractivity contribution is -0.225. The molecular formula is C21H35IO4. The minimum atomic E-state index is -0.306. The van der Waals surface area contributed by atoms with E-state index >= 15 is 0 Å². The summed E-state index contributed by atoms with van der Waals surface area (Å²) in [4.78, 5) is 0. The highest BCUT2D eigenvalue weighted by Crippen LogP contribution is 2.33. The Morgan fingerprint density at radius 1 is 1.27 bits per heavy atom. The summed E-state index contributed by atoms with van der Waals surface area (Å²) < 4.78 is 18.9. The van der Waals surface area contributed by atoms with Crippen molar-refractivity contribution in [3.8, 4) is 0 Å². The molecule has 0 saturated carbocycles. The van der Waals surface area contributed by atoms with E-state index in [1.165, 1.54) is 0 Å². The summed E-state index contributed by atoms with van der Waals surface area (Å²) in [5.41, 5.74) is 1.27. The predicted molar refractivity (Wildman–Crippen MR) is 113 cm³/mol. The zero-order valence-corrected chi connectivity index (χ0v) is 18.7. The standard InChI is InChI=1S/C21H35IO4/c1-14(16(3)22)10-17(23)6-8-19-15(2)11-18(26-19)7-9-20-24-12-21(4,5)13-25-20/h14,17-20,23H,2-3,6-13H2,1,4-5H3/t14-,17-,18+,19+/m1/s1. The Hall–Kier alpha value is 0.0500. The Morgan fingerprint density at radius 3 is 2.54 bits per heavy atom. The summed E-state index contributed by atoms with van der Waals surface area (Å²) in [7, 11) is 0. The monoisotopic (exact) mass is 478 g/mol. The van der Waals surface area contributed by atoms with Gasteiger partial charge in [-0.2, -0.15) is 0 Å². The van der Waals surface area contributed by atoms with Crippen LogP contribution in [0, 0.1) is 11.3 Å². The summed E-state index contributed by atoms with van der Waals surface area (Å²) in [6.07, 6.45) is 4.88. The Morgan fingerprint density at radius 2 is 1.92 bits per heavy atom. The fourth-order valence-corrected chi connectivity index (χ4v) is 3.71. The highest BCUT2D eigenvalue weighted by atomic mass is 127. The lowest BCUT2D eigenvalue weighted by Gasteiger charge is -2.34. The molecule has 1 N–H and O–H groups in total. The molecule has 2 fully saturated rings. The van der Waals surface area contributed by atoms with Crippen molar-refractivity contribution in [3.05, 3.63) is 22.3 Å². The molecule has 0 aromatic carbocycles. The number of ether oxygens (including phenoxy) is 3. The molecule has 5 heteroatoms. The van der Waals surface area contributed by atoms with Crippen molar-refractivity contribution in [1.29, 1.82) is 0 Å². The second-order valence-electron chi connectivity index (χ2n) is 8.72. The van der Waals surface area contributed by atoms with Crippen LogP contribution >= 0.6 is 22.6 Å². The lowest BCUT2D eigenvalue weighted by atomic mass is 9.95. The van der Waals surface area contributed by atoms with Crippen LogP contribution in [-0.2, 0) is 14.2 Å². The van der Waals surface area contributed by atoms with Gasteiger partial charge >= 0.3 is 0 Å². The van der Waals surface area contributed by atoms with Gasteiger partial charge in [0.15, 0.2) is 6.29 Å². The fraction of sp³-hybridized carbons (Fsp3) is 0.810. The van der Waals surface area contributed by atoms with Crippen LogP contribution in [0.4, 0.5) is 0 Å². The number of aliphatic hydroxyl groups excluding tert-OH is 1. The van der Waals surface area contributed by atoms with E-state index in [0.717, 1.165) is 60.9 Å². The maximum absolute atomic E-state index is 10.2. The summed E-state index contributed by atoms with van der Waals surface area (Å²) in [5, 5.41) is 10.2.